The van der Waals surface area contributed by atoms with Gasteiger partial charge in [-0.2, -0.15) is 0 Å². The van der Waals surface area contributed by atoms with Crippen LogP contribution in [0.2, 0.25) is 0 Å². The van der Waals surface area contributed by atoms with E-state index in [1.54, 1.807) is 0 Å². The Hall–Kier alpha value is -1.59. The molecule has 0 aromatic heterocycles. The zero-order valence-electron chi connectivity index (χ0n) is 19.9. The fourth-order valence-electron chi connectivity index (χ4n) is 7.68. The summed E-state index contributed by atoms with van der Waals surface area (Å²) in [5.74, 6) is 1.07. The Bertz CT molecular complexity index is 904. The van der Waals surface area contributed by atoms with Crippen LogP contribution >= 0.6 is 0 Å². The van der Waals surface area contributed by atoms with Gasteiger partial charge in [-0.15, -0.1) is 0 Å². The average Bonchev–Trinajstić information content (AvgIpc) is 3.47. The van der Waals surface area contributed by atoms with E-state index in [0.29, 0.717) is 11.8 Å². The van der Waals surface area contributed by atoms with Crippen LogP contribution in [0.1, 0.15) is 50.2 Å². The molecule has 0 N–H and O–H groups in total. The normalized spacial score (nSPS) is 41.3. The predicted octanol–water partition coefficient (Wildman–Crippen LogP) is 3.95. The van der Waals surface area contributed by atoms with Crippen molar-refractivity contribution in [1.29, 1.82) is 0 Å². The highest BCUT2D eigenvalue weighted by atomic mass is 16.6. The molecule has 5 aliphatic rings. The van der Waals surface area contributed by atoms with E-state index in [4.69, 9.17) is 9.47 Å². The van der Waals surface area contributed by atoms with Gasteiger partial charge in [0.2, 0.25) is 0 Å². The highest BCUT2D eigenvalue weighted by molar-refractivity contribution is 5.75. The Labute approximate surface area is 192 Å². The second-order valence-electron chi connectivity index (χ2n) is 11.7. The maximum absolute atomic E-state index is 13.0. The van der Waals surface area contributed by atoms with E-state index in [2.05, 4.69) is 48.8 Å². The molecule has 6 atom stereocenters. The van der Waals surface area contributed by atoms with Crippen LogP contribution in [-0.4, -0.2) is 61.9 Å². The SMILES string of the molecule is Cc1ccc(C)c(N2CCN(C[C@H]3C(=O)O[C@@H]4C[C@@]5(C)CCC[C@]6(CO6)[C@H]5C[C@H]43)CC2)c1. The van der Waals surface area contributed by atoms with E-state index >= 15 is 0 Å². The monoisotopic (exact) mass is 438 g/mol. The van der Waals surface area contributed by atoms with Gasteiger partial charge in [-0.1, -0.05) is 19.1 Å². The summed E-state index contributed by atoms with van der Waals surface area (Å²) in [5.41, 5.74) is 4.44. The number of benzene rings is 1. The van der Waals surface area contributed by atoms with Crippen molar-refractivity contribution in [2.24, 2.45) is 23.2 Å². The summed E-state index contributed by atoms with van der Waals surface area (Å²) < 4.78 is 12.1. The highest BCUT2D eigenvalue weighted by Crippen LogP contribution is 2.62. The van der Waals surface area contributed by atoms with Crippen molar-refractivity contribution in [2.45, 2.75) is 64.6 Å². The lowest BCUT2D eigenvalue weighted by Crippen LogP contribution is -2.52. The largest absolute Gasteiger partial charge is 0.462 e. The fourth-order valence-corrected chi connectivity index (χ4v) is 7.68. The van der Waals surface area contributed by atoms with Crippen LogP contribution in [0.15, 0.2) is 18.2 Å². The summed E-state index contributed by atoms with van der Waals surface area (Å²) in [6.07, 6.45) is 6.00. The Morgan fingerprint density at radius 1 is 1.12 bits per heavy atom. The molecule has 5 fully saturated rings. The molecule has 0 bridgehead atoms. The molecule has 3 heterocycles. The molecule has 2 saturated carbocycles. The van der Waals surface area contributed by atoms with Crippen LogP contribution in [0.5, 0.6) is 0 Å². The third-order valence-corrected chi connectivity index (χ3v) is 9.61. The number of anilines is 1. The Kier molecular flexibility index (Phi) is 4.89. The topological polar surface area (TPSA) is 45.3 Å². The third kappa shape index (κ3) is 3.38. The van der Waals surface area contributed by atoms with Crippen molar-refractivity contribution in [2.75, 3.05) is 44.2 Å². The van der Waals surface area contributed by atoms with Crippen LogP contribution in [-0.2, 0) is 14.3 Å². The predicted molar refractivity (Wildman–Crippen MR) is 125 cm³/mol. The smallest absolute Gasteiger partial charge is 0.310 e. The van der Waals surface area contributed by atoms with Crippen LogP contribution in [0, 0.1) is 37.0 Å². The zero-order chi connectivity index (χ0) is 22.1. The number of fused-ring (bicyclic) bond motifs is 3. The van der Waals surface area contributed by atoms with Crippen LogP contribution in [0.3, 0.4) is 0 Å². The van der Waals surface area contributed by atoms with Gasteiger partial charge in [0, 0.05) is 44.3 Å². The number of ether oxygens (including phenoxy) is 2. The van der Waals surface area contributed by atoms with Crippen LogP contribution in [0.4, 0.5) is 5.69 Å². The van der Waals surface area contributed by atoms with Crippen molar-refractivity contribution in [3.05, 3.63) is 29.3 Å². The maximum Gasteiger partial charge on any atom is 0.310 e. The van der Waals surface area contributed by atoms with E-state index < -0.39 is 0 Å². The van der Waals surface area contributed by atoms with Gasteiger partial charge in [-0.25, -0.2) is 0 Å². The van der Waals surface area contributed by atoms with Crippen LogP contribution in [0.25, 0.3) is 0 Å². The number of carbonyl (C=O) groups is 1. The van der Waals surface area contributed by atoms with Crippen molar-refractivity contribution < 1.29 is 14.3 Å². The summed E-state index contributed by atoms with van der Waals surface area (Å²) in [5, 5.41) is 0. The first-order valence-electron chi connectivity index (χ1n) is 12.8. The number of epoxide rings is 1. The quantitative estimate of drug-likeness (QED) is 0.528. The molecule has 2 aliphatic carbocycles. The molecule has 0 radical (unpaired) electrons. The highest BCUT2D eigenvalue weighted by Gasteiger charge is 2.65. The average molecular weight is 439 g/mol. The van der Waals surface area contributed by atoms with E-state index in [1.165, 1.54) is 36.1 Å². The number of carbonyl (C=O) groups excluding carboxylic acids is 1. The molecule has 0 unspecified atom stereocenters. The van der Waals surface area contributed by atoms with E-state index in [-0.39, 0.29) is 29.0 Å². The van der Waals surface area contributed by atoms with E-state index in [1.807, 2.05) is 0 Å². The molecular weight excluding hydrogens is 400 g/mol. The lowest BCUT2D eigenvalue weighted by molar-refractivity contribution is -0.147. The van der Waals surface area contributed by atoms with Gasteiger partial charge >= 0.3 is 5.97 Å². The molecule has 32 heavy (non-hydrogen) atoms. The lowest BCUT2D eigenvalue weighted by Gasteiger charge is -2.51. The summed E-state index contributed by atoms with van der Waals surface area (Å²) >= 11 is 0. The van der Waals surface area contributed by atoms with Gasteiger partial charge in [-0.05, 0) is 74.5 Å². The minimum absolute atomic E-state index is 0.0366. The summed E-state index contributed by atoms with van der Waals surface area (Å²) in [6.45, 7) is 12.7. The molecule has 1 aromatic rings. The first kappa shape index (κ1) is 21.0. The summed E-state index contributed by atoms with van der Waals surface area (Å²) in [6, 6.07) is 6.72. The van der Waals surface area contributed by atoms with Crippen molar-refractivity contribution in [3.8, 4) is 0 Å². The summed E-state index contributed by atoms with van der Waals surface area (Å²) in [7, 11) is 0. The standard InChI is InChI=1S/C27H38N2O3/c1-18-5-6-19(2)22(13-18)29-11-9-28(10-12-29)16-21-20-14-24-26(3,15-23(20)32-25(21)30)7-4-8-27(24)17-31-27/h5-6,13,20-21,23-24H,4,7-12,14-17H2,1-3H3/t20-,21+,23+,24-,26+,27-/m0/s1. The Morgan fingerprint density at radius 3 is 2.66 bits per heavy atom. The Balaban J connectivity index is 1.12. The van der Waals surface area contributed by atoms with E-state index in [0.717, 1.165) is 52.2 Å². The van der Waals surface area contributed by atoms with Gasteiger partial charge in [0.25, 0.3) is 0 Å². The van der Waals surface area contributed by atoms with Crippen LogP contribution < -0.4 is 4.90 Å². The third-order valence-electron chi connectivity index (χ3n) is 9.61. The molecule has 3 aliphatic heterocycles. The fraction of sp³-hybridized carbons (Fsp3) is 0.741. The summed E-state index contributed by atoms with van der Waals surface area (Å²) in [4.78, 5) is 18.0. The number of nitrogens with zero attached hydrogens (tertiary/aromatic N) is 2. The van der Waals surface area contributed by atoms with Gasteiger partial charge in [0.05, 0.1) is 18.1 Å². The molecule has 1 spiro atoms. The molecule has 1 aromatic carbocycles. The lowest BCUT2D eigenvalue weighted by atomic mass is 9.53. The number of rotatable bonds is 3. The Morgan fingerprint density at radius 2 is 1.91 bits per heavy atom. The van der Waals surface area contributed by atoms with Crippen molar-refractivity contribution in [1.82, 2.24) is 4.90 Å². The van der Waals surface area contributed by atoms with Gasteiger partial charge in [-0.3, -0.25) is 9.69 Å². The number of aryl methyl sites for hydroxylation is 2. The molecular formula is C27H38N2O3. The number of hydrogen-bond acceptors (Lipinski definition) is 5. The second-order valence-corrected chi connectivity index (χ2v) is 11.7. The molecule has 0 amide bonds. The molecule has 5 nitrogen and oxygen atoms in total. The van der Waals surface area contributed by atoms with Crippen molar-refractivity contribution in [3.63, 3.8) is 0 Å². The van der Waals surface area contributed by atoms with E-state index in [9.17, 15) is 4.79 Å². The first-order valence-corrected chi connectivity index (χ1v) is 12.8. The van der Waals surface area contributed by atoms with Gasteiger partial charge in [0.15, 0.2) is 0 Å². The number of esters is 1. The number of piperazine rings is 1. The zero-order valence-corrected chi connectivity index (χ0v) is 19.9. The number of hydrogen-bond donors (Lipinski definition) is 0. The maximum atomic E-state index is 13.0. The molecule has 3 saturated heterocycles. The molecule has 174 valence electrons. The first-order chi connectivity index (χ1) is 15.4. The van der Waals surface area contributed by atoms with Crippen molar-refractivity contribution >= 4 is 11.7 Å². The second kappa shape index (κ2) is 7.46. The molecule has 6 rings (SSSR count). The minimum atomic E-state index is 0.0366. The molecule has 5 heteroatoms. The van der Waals surface area contributed by atoms with Gasteiger partial charge < -0.3 is 14.4 Å². The van der Waals surface area contributed by atoms with Gasteiger partial charge in [0.1, 0.15) is 6.10 Å². The minimum Gasteiger partial charge on any atom is -0.462 e.